The van der Waals surface area contributed by atoms with Gasteiger partial charge in [0, 0.05) is 17.8 Å². The lowest BCUT2D eigenvalue weighted by Crippen LogP contribution is -2.56. The Balaban J connectivity index is 1.39. The fraction of sp³-hybridized carbons (Fsp3) is 0.611. The van der Waals surface area contributed by atoms with E-state index in [4.69, 9.17) is 17.0 Å². The Kier molecular flexibility index (Phi) is 3.73. The predicted octanol–water partition coefficient (Wildman–Crippen LogP) is 3.81. The van der Waals surface area contributed by atoms with Crippen LogP contribution in [0.1, 0.15) is 32.1 Å². The molecule has 0 spiro atoms. The number of methoxy groups -OCH3 is 1. The quantitative estimate of drug-likeness (QED) is 0.831. The number of rotatable bonds is 3. The maximum Gasteiger partial charge on any atom is 0.171 e. The maximum atomic E-state index is 5.55. The molecule has 4 aliphatic rings. The molecule has 4 bridgehead atoms. The molecular weight excluding hydrogens is 292 g/mol. The highest BCUT2D eigenvalue weighted by atomic mass is 32.1. The van der Waals surface area contributed by atoms with Gasteiger partial charge in [0.1, 0.15) is 5.75 Å². The van der Waals surface area contributed by atoms with Crippen LogP contribution in [-0.2, 0) is 0 Å². The fourth-order valence-electron chi connectivity index (χ4n) is 5.18. The highest BCUT2D eigenvalue weighted by Crippen LogP contribution is 2.53. The molecule has 0 amide bonds. The summed E-state index contributed by atoms with van der Waals surface area (Å²) >= 11 is 5.55. The molecular formula is C18H24N2OS. The number of ether oxygens (including phenoxy) is 1. The fourth-order valence-corrected chi connectivity index (χ4v) is 5.43. The van der Waals surface area contributed by atoms with Crippen LogP contribution in [0.25, 0.3) is 0 Å². The number of nitrogens with one attached hydrogen (secondary N) is 2. The van der Waals surface area contributed by atoms with Crippen LogP contribution in [0.15, 0.2) is 24.3 Å². The van der Waals surface area contributed by atoms with Crippen LogP contribution >= 0.6 is 12.2 Å². The molecule has 0 saturated heterocycles. The van der Waals surface area contributed by atoms with E-state index in [1.807, 2.05) is 24.3 Å². The summed E-state index contributed by atoms with van der Waals surface area (Å²) in [6, 6.07) is 8.50. The zero-order valence-electron chi connectivity index (χ0n) is 13.0. The van der Waals surface area contributed by atoms with Crippen LogP contribution in [-0.4, -0.2) is 18.3 Å². The van der Waals surface area contributed by atoms with Crippen LogP contribution < -0.4 is 15.4 Å². The van der Waals surface area contributed by atoms with Crippen molar-refractivity contribution >= 4 is 23.0 Å². The highest BCUT2D eigenvalue weighted by Gasteiger charge is 2.48. The number of thiocarbonyl (C=S) groups is 1. The molecule has 4 fully saturated rings. The first-order chi connectivity index (χ1) is 10.7. The number of benzene rings is 1. The molecule has 2 N–H and O–H groups in total. The van der Waals surface area contributed by atoms with Crippen molar-refractivity contribution in [1.82, 2.24) is 5.32 Å². The summed E-state index contributed by atoms with van der Waals surface area (Å²) in [5.74, 6) is 4.52. The van der Waals surface area contributed by atoms with E-state index in [0.29, 0.717) is 6.04 Å². The topological polar surface area (TPSA) is 33.3 Å². The van der Waals surface area contributed by atoms with E-state index in [1.54, 1.807) is 7.11 Å². The van der Waals surface area contributed by atoms with Crippen LogP contribution in [0.4, 0.5) is 5.69 Å². The minimum atomic E-state index is 0.582. The van der Waals surface area contributed by atoms with Crippen molar-refractivity contribution in [3.63, 3.8) is 0 Å². The van der Waals surface area contributed by atoms with Crippen molar-refractivity contribution in [2.75, 3.05) is 12.4 Å². The minimum absolute atomic E-state index is 0.582. The standard InChI is InChI=1S/C18H24N2OS/c1-21-16-4-2-3-15(10-16)19-18(22)20-17-13-6-11-5-12(8-13)9-14(17)7-11/h2-4,10-14,17H,5-9H2,1H3,(H2,19,20,22). The first-order valence-electron chi connectivity index (χ1n) is 8.43. The zero-order chi connectivity index (χ0) is 15.1. The van der Waals surface area contributed by atoms with E-state index in [1.165, 1.54) is 32.1 Å². The van der Waals surface area contributed by atoms with Gasteiger partial charge in [0.05, 0.1) is 7.11 Å². The third-order valence-electron chi connectivity index (χ3n) is 5.85. The van der Waals surface area contributed by atoms with Gasteiger partial charge in [-0.2, -0.15) is 0 Å². The number of hydrogen-bond donors (Lipinski definition) is 2. The van der Waals surface area contributed by atoms with E-state index in [2.05, 4.69) is 10.6 Å². The molecule has 1 aromatic rings. The molecule has 4 aliphatic carbocycles. The Labute approximate surface area is 137 Å². The highest BCUT2D eigenvalue weighted by molar-refractivity contribution is 7.80. The molecule has 5 rings (SSSR count). The van der Waals surface area contributed by atoms with Crippen molar-refractivity contribution in [2.45, 2.75) is 38.1 Å². The molecule has 4 saturated carbocycles. The Morgan fingerprint density at radius 1 is 1.09 bits per heavy atom. The van der Waals surface area contributed by atoms with Crippen molar-refractivity contribution in [3.05, 3.63) is 24.3 Å². The van der Waals surface area contributed by atoms with E-state index < -0.39 is 0 Å². The van der Waals surface area contributed by atoms with Crippen LogP contribution in [0, 0.1) is 23.7 Å². The van der Waals surface area contributed by atoms with Crippen molar-refractivity contribution in [1.29, 1.82) is 0 Å². The zero-order valence-corrected chi connectivity index (χ0v) is 13.9. The third-order valence-corrected chi connectivity index (χ3v) is 6.07. The molecule has 0 aliphatic heterocycles. The van der Waals surface area contributed by atoms with Crippen LogP contribution in [0.3, 0.4) is 0 Å². The second-order valence-electron chi connectivity index (χ2n) is 7.29. The Bertz CT molecular complexity index is 546. The molecule has 0 heterocycles. The molecule has 22 heavy (non-hydrogen) atoms. The van der Waals surface area contributed by atoms with Crippen LogP contribution in [0.5, 0.6) is 5.75 Å². The largest absolute Gasteiger partial charge is 0.497 e. The van der Waals surface area contributed by atoms with E-state index in [-0.39, 0.29) is 0 Å². The summed E-state index contributed by atoms with van der Waals surface area (Å²) in [4.78, 5) is 0. The molecule has 1 aromatic carbocycles. The van der Waals surface area contributed by atoms with Gasteiger partial charge in [0.25, 0.3) is 0 Å². The molecule has 118 valence electrons. The lowest BCUT2D eigenvalue weighted by atomic mass is 9.54. The van der Waals surface area contributed by atoms with Crippen molar-refractivity contribution < 1.29 is 4.74 Å². The molecule has 0 unspecified atom stereocenters. The van der Waals surface area contributed by atoms with Gasteiger partial charge in [0.15, 0.2) is 5.11 Å². The van der Waals surface area contributed by atoms with Gasteiger partial charge in [-0.05, 0) is 80.1 Å². The summed E-state index contributed by atoms with van der Waals surface area (Å²) in [7, 11) is 1.68. The first-order valence-corrected chi connectivity index (χ1v) is 8.83. The lowest BCUT2D eigenvalue weighted by molar-refractivity contribution is -0.00665. The van der Waals surface area contributed by atoms with Gasteiger partial charge in [-0.1, -0.05) is 6.07 Å². The summed E-state index contributed by atoms with van der Waals surface area (Å²) in [6.45, 7) is 0. The minimum Gasteiger partial charge on any atom is -0.497 e. The number of anilines is 1. The SMILES string of the molecule is COc1cccc(NC(=S)NC2C3CC4CC(C3)CC2C4)c1. The first kappa shape index (κ1) is 14.3. The predicted molar refractivity (Wildman–Crippen MR) is 93.2 cm³/mol. The molecule has 4 heteroatoms. The van der Waals surface area contributed by atoms with Crippen molar-refractivity contribution in [2.24, 2.45) is 23.7 Å². The molecule has 0 radical (unpaired) electrons. The van der Waals surface area contributed by atoms with Crippen LogP contribution in [0.2, 0.25) is 0 Å². The van der Waals surface area contributed by atoms with Gasteiger partial charge in [-0.3, -0.25) is 0 Å². The average molecular weight is 316 g/mol. The summed E-state index contributed by atoms with van der Waals surface area (Å²) < 4.78 is 5.26. The van der Waals surface area contributed by atoms with Gasteiger partial charge >= 0.3 is 0 Å². The second-order valence-corrected chi connectivity index (χ2v) is 7.70. The third kappa shape index (κ3) is 2.69. The van der Waals surface area contributed by atoms with Gasteiger partial charge in [-0.15, -0.1) is 0 Å². The lowest BCUT2D eigenvalue weighted by Gasteiger charge is -2.54. The number of hydrogen-bond acceptors (Lipinski definition) is 2. The van der Waals surface area contributed by atoms with Gasteiger partial charge in [-0.25, -0.2) is 0 Å². The average Bonchev–Trinajstić information content (AvgIpc) is 2.50. The molecule has 0 aromatic heterocycles. The van der Waals surface area contributed by atoms with Crippen molar-refractivity contribution in [3.8, 4) is 5.75 Å². The Morgan fingerprint density at radius 3 is 2.41 bits per heavy atom. The van der Waals surface area contributed by atoms with E-state index in [0.717, 1.165) is 40.2 Å². The summed E-state index contributed by atoms with van der Waals surface area (Å²) in [5, 5.41) is 7.70. The molecule has 0 atom stereocenters. The smallest absolute Gasteiger partial charge is 0.171 e. The van der Waals surface area contributed by atoms with E-state index >= 15 is 0 Å². The second kappa shape index (κ2) is 5.73. The summed E-state index contributed by atoms with van der Waals surface area (Å²) in [6.07, 6.45) is 7.13. The van der Waals surface area contributed by atoms with E-state index in [9.17, 15) is 0 Å². The van der Waals surface area contributed by atoms with Gasteiger partial charge in [0.2, 0.25) is 0 Å². The maximum absolute atomic E-state index is 5.55. The normalized spacial score (nSPS) is 35.2. The monoisotopic (exact) mass is 316 g/mol. The Hall–Kier alpha value is -1.29. The Morgan fingerprint density at radius 2 is 1.77 bits per heavy atom. The van der Waals surface area contributed by atoms with Gasteiger partial charge < -0.3 is 15.4 Å². The summed E-state index contributed by atoms with van der Waals surface area (Å²) in [5.41, 5.74) is 0.987. The molecule has 3 nitrogen and oxygen atoms in total.